The van der Waals surface area contributed by atoms with Crippen molar-refractivity contribution in [3.63, 3.8) is 0 Å². The highest BCUT2D eigenvalue weighted by Gasteiger charge is 2.19. The van der Waals surface area contributed by atoms with Crippen LogP contribution in [0, 0.1) is 20.8 Å². The highest BCUT2D eigenvalue weighted by molar-refractivity contribution is 7.18. The molecule has 0 saturated heterocycles. The summed E-state index contributed by atoms with van der Waals surface area (Å²) >= 11 is 1.48. The molecule has 7 nitrogen and oxygen atoms in total. The number of nitrogens with zero attached hydrogens (tertiary/aromatic N) is 2. The van der Waals surface area contributed by atoms with Crippen LogP contribution in [0.25, 0.3) is 10.2 Å². The third-order valence-corrected chi connectivity index (χ3v) is 5.91. The number of benzene rings is 1. The third-order valence-electron chi connectivity index (χ3n) is 4.79. The summed E-state index contributed by atoms with van der Waals surface area (Å²) in [7, 11) is 0. The van der Waals surface area contributed by atoms with Crippen molar-refractivity contribution in [3.8, 4) is 0 Å². The minimum absolute atomic E-state index is 0.0305. The Kier molecular flexibility index (Phi) is 6.12. The number of hydrogen-bond donors (Lipinski definition) is 1. The Bertz CT molecular complexity index is 1130. The number of hydrogen-bond acceptors (Lipinski definition) is 6. The quantitative estimate of drug-likeness (QED) is 0.626. The van der Waals surface area contributed by atoms with Gasteiger partial charge in [0.2, 0.25) is 0 Å². The predicted molar refractivity (Wildman–Crippen MR) is 113 cm³/mol. The highest BCUT2D eigenvalue weighted by atomic mass is 32.1. The average molecular weight is 413 g/mol. The van der Waals surface area contributed by atoms with Crippen LogP contribution in [0.2, 0.25) is 0 Å². The van der Waals surface area contributed by atoms with Gasteiger partial charge in [-0.3, -0.25) is 19.0 Å². The van der Waals surface area contributed by atoms with Crippen LogP contribution < -0.4 is 10.9 Å². The van der Waals surface area contributed by atoms with Crippen LogP contribution in [0.4, 0.5) is 5.69 Å². The standard InChI is InChI=1S/C21H23N3O4S/c1-12-7-5-6-8-16(12)23-19(26)14(3)28-17(25)9-10-24-11-22-20-18(21(24)27)13(2)15(4)29-20/h5-8,11,14H,9-10H2,1-4H3,(H,23,26). The molecule has 2 heterocycles. The van der Waals surface area contributed by atoms with E-state index in [-0.39, 0.29) is 18.5 Å². The summed E-state index contributed by atoms with van der Waals surface area (Å²) in [5.41, 5.74) is 2.34. The molecule has 152 valence electrons. The van der Waals surface area contributed by atoms with Crippen LogP contribution in [0.15, 0.2) is 35.4 Å². The van der Waals surface area contributed by atoms with Gasteiger partial charge in [0.1, 0.15) is 4.83 Å². The number of fused-ring (bicyclic) bond motifs is 1. The molecular weight excluding hydrogens is 390 g/mol. The smallest absolute Gasteiger partial charge is 0.308 e. The van der Waals surface area contributed by atoms with E-state index in [9.17, 15) is 14.4 Å². The number of rotatable bonds is 6. The Morgan fingerprint density at radius 3 is 2.69 bits per heavy atom. The van der Waals surface area contributed by atoms with Crippen molar-refractivity contribution < 1.29 is 14.3 Å². The van der Waals surface area contributed by atoms with Gasteiger partial charge in [-0.25, -0.2) is 4.98 Å². The molecule has 0 aliphatic rings. The molecule has 3 rings (SSSR count). The lowest BCUT2D eigenvalue weighted by molar-refractivity contribution is -0.153. The van der Waals surface area contributed by atoms with Crippen molar-refractivity contribution in [2.45, 2.75) is 46.8 Å². The Morgan fingerprint density at radius 2 is 1.97 bits per heavy atom. The molecule has 0 radical (unpaired) electrons. The van der Waals surface area contributed by atoms with Gasteiger partial charge in [-0.1, -0.05) is 18.2 Å². The molecule has 8 heteroatoms. The van der Waals surface area contributed by atoms with E-state index < -0.39 is 18.0 Å². The van der Waals surface area contributed by atoms with E-state index in [0.29, 0.717) is 15.9 Å². The number of amides is 1. The fourth-order valence-corrected chi connectivity index (χ4v) is 3.89. The predicted octanol–water partition coefficient (Wildman–Crippen LogP) is 3.34. The molecule has 1 N–H and O–H groups in total. The summed E-state index contributed by atoms with van der Waals surface area (Å²) in [5.74, 6) is -0.958. The molecule has 1 amide bonds. The first-order chi connectivity index (χ1) is 13.8. The van der Waals surface area contributed by atoms with Crippen LogP contribution >= 0.6 is 11.3 Å². The zero-order valence-corrected chi connectivity index (χ0v) is 17.6. The Morgan fingerprint density at radius 1 is 1.24 bits per heavy atom. The topological polar surface area (TPSA) is 90.3 Å². The van der Waals surface area contributed by atoms with E-state index in [1.54, 1.807) is 6.07 Å². The van der Waals surface area contributed by atoms with Crippen LogP contribution in [-0.2, 0) is 20.9 Å². The first-order valence-corrected chi connectivity index (χ1v) is 10.1. The van der Waals surface area contributed by atoms with Crippen LogP contribution in [0.1, 0.15) is 29.3 Å². The van der Waals surface area contributed by atoms with Gasteiger partial charge in [-0.15, -0.1) is 11.3 Å². The third kappa shape index (κ3) is 4.54. The molecular formula is C21H23N3O4S. The summed E-state index contributed by atoms with van der Waals surface area (Å²) in [4.78, 5) is 43.1. The first-order valence-electron chi connectivity index (χ1n) is 9.29. The zero-order valence-electron chi connectivity index (χ0n) is 16.8. The van der Waals surface area contributed by atoms with Crippen molar-refractivity contribution in [2.75, 3.05) is 5.32 Å². The van der Waals surface area contributed by atoms with Gasteiger partial charge in [0.15, 0.2) is 6.10 Å². The summed E-state index contributed by atoms with van der Waals surface area (Å²) in [6, 6.07) is 7.36. The van der Waals surface area contributed by atoms with E-state index in [0.717, 1.165) is 16.0 Å². The molecule has 1 unspecified atom stereocenters. The molecule has 0 fully saturated rings. The lowest BCUT2D eigenvalue weighted by Gasteiger charge is -2.15. The molecule has 0 aliphatic carbocycles. The molecule has 0 spiro atoms. The number of ether oxygens (including phenoxy) is 1. The number of para-hydroxylation sites is 1. The average Bonchev–Trinajstić information content (AvgIpc) is 2.97. The number of anilines is 1. The number of carbonyl (C=O) groups excluding carboxylic acids is 2. The first kappa shape index (κ1) is 20.7. The van der Waals surface area contributed by atoms with Crippen molar-refractivity contribution in [1.82, 2.24) is 9.55 Å². The van der Waals surface area contributed by atoms with E-state index in [1.165, 1.54) is 29.2 Å². The van der Waals surface area contributed by atoms with Crippen molar-refractivity contribution in [2.24, 2.45) is 0 Å². The van der Waals surface area contributed by atoms with Gasteiger partial charge >= 0.3 is 5.97 Å². The van der Waals surface area contributed by atoms with Crippen LogP contribution in [0.5, 0.6) is 0 Å². The summed E-state index contributed by atoms with van der Waals surface area (Å²) in [6.07, 6.45) is 0.472. The second-order valence-electron chi connectivity index (χ2n) is 6.89. The lowest BCUT2D eigenvalue weighted by Crippen LogP contribution is -2.31. The summed E-state index contributed by atoms with van der Waals surface area (Å²) < 4.78 is 6.62. The summed E-state index contributed by atoms with van der Waals surface area (Å²) in [5, 5.41) is 3.34. The zero-order chi connectivity index (χ0) is 21.1. The fraction of sp³-hybridized carbons (Fsp3) is 0.333. The number of aromatic nitrogens is 2. The number of nitrogens with one attached hydrogen (secondary N) is 1. The SMILES string of the molecule is Cc1ccccc1NC(=O)C(C)OC(=O)CCn1cnc2sc(C)c(C)c2c1=O. The maximum absolute atomic E-state index is 12.7. The Labute approximate surface area is 172 Å². The van der Waals surface area contributed by atoms with Crippen LogP contribution in [0.3, 0.4) is 0 Å². The van der Waals surface area contributed by atoms with Gasteiger partial charge in [0.25, 0.3) is 11.5 Å². The van der Waals surface area contributed by atoms with Gasteiger partial charge in [-0.05, 0) is 44.9 Å². The molecule has 29 heavy (non-hydrogen) atoms. The second-order valence-corrected chi connectivity index (χ2v) is 8.10. The normalized spacial score (nSPS) is 12.0. The maximum Gasteiger partial charge on any atom is 0.308 e. The van der Waals surface area contributed by atoms with Crippen molar-refractivity contribution in [1.29, 1.82) is 0 Å². The molecule has 0 aliphatic heterocycles. The molecule has 0 saturated carbocycles. The van der Waals surface area contributed by atoms with E-state index in [4.69, 9.17) is 4.74 Å². The van der Waals surface area contributed by atoms with E-state index in [2.05, 4.69) is 10.3 Å². The largest absolute Gasteiger partial charge is 0.452 e. The van der Waals surface area contributed by atoms with Crippen molar-refractivity contribution in [3.05, 3.63) is 57.0 Å². The van der Waals surface area contributed by atoms with Gasteiger partial charge in [-0.2, -0.15) is 0 Å². The van der Waals surface area contributed by atoms with Gasteiger partial charge in [0, 0.05) is 17.1 Å². The fourth-order valence-electron chi connectivity index (χ4n) is 2.90. The minimum Gasteiger partial charge on any atom is -0.452 e. The number of aryl methyl sites for hydroxylation is 4. The van der Waals surface area contributed by atoms with E-state index >= 15 is 0 Å². The van der Waals surface area contributed by atoms with Gasteiger partial charge in [0.05, 0.1) is 18.1 Å². The Balaban J connectivity index is 1.60. The molecule has 1 aromatic carbocycles. The summed E-state index contributed by atoms with van der Waals surface area (Å²) in [6.45, 7) is 7.38. The van der Waals surface area contributed by atoms with Crippen molar-refractivity contribution >= 4 is 39.1 Å². The Hall–Kier alpha value is -3.00. The molecule has 0 bridgehead atoms. The van der Waals surface area contributed by atoms with Crippen LogP contribution in [-0.4, -0.2) is 27.5 Å². The molecule has 3 aromatic rings. The minimum atomic E-state index is -0.943. The molecule has 1 atom stereocenters. The number of esters is 1. The number of thiophene rings is 1. The van der Waals surface area contributed by atoms with Gasteiger partial charge < -0.3 is 10.1 Å². The molecule has 2 aromatic heterocycles. The monoisotopic (exact) mass is 413 g/mol. The highest BCUT2D eigenvalue weighted by Crippen LogP contribution is 2.25. The lowest BCUT2D eigenvalue weighted by atomic mass is 10.2. The number of carbonyl (C=O) groups is 2. The maximum atomic E-state index is 12.7. The van der Waals surface area contributed by atoms with E-state index in [1.807, 2.05) is 39.0 Å². The second kappa shape index (κ2) is 8.57.